The van der Waals surface area contributed by atoms with E-state index in [1.165, 1.54) is 11.4 Å². The lowest BCUT2D eigenvalue weighted by molar-refractivity contribution is 0.578. The van der Waals surface area contributed by atoms with Gasteiger partial charge in [0.05, 0.1) is 17.5 Å². The topological polar surface area (TPSA) is 102 Å². The van der Waals surface area contributed by atoms with Crippen molar-refractivity contribution >= 4 is 22.7 Å². The summed E-state index contributed by atoms with van der Waals surface area (Å²) in [5.41, 5.74) is 2.69. The highest BCUT2D eigenvalue weighted by atomic mass is 32.1. The lowest BCUT2D eigenvalue weighted by Crippen LogP contribution is -2.28. The average molecular weight is 579 g/mol. The highest BCUT2D eigenvalue weighted by Crippen LogP contribution is 2.32. The van der Waals surface area contributed by atoms with E-state index in [1.54, 1.807) is 29.3 Å². The molecule has 0 radical (unpaired) electrons. The number of fused-ring (bicyclic) bond motifs is 1. The Morgan fingerprint density at radius 3 is 1.75 bits per heavy atom. The molecule has 40 heavy (non-hydrogen) atoms. The summed E-state index contributed by atoms with van der Waals surface area (Å²) in [5, 5.41) is 24.1. The normalized spacial score (nSPS) is 12.2. The van der Waals surface area contributed by atoms with Crippen molar-refractivity contribution in [1.29, 1.82) is 0 Å². The third-order valence-electron chi connectivity index (χ3n) is 5.29. The zero-order valence-corrected chi connectivity index (χ0v) is 23.3. The molecule has 0 bridgehead atoms. The molecule has 1 aliphatic heterocycles. The van der Waals surface area contributed by atoms with Crippen LogP contribution in [0.2, 0.25) is 0 Å². The Morgan fingerprint density at radius 1 is 0.850 bits per heavy atom. The van der Waals surface area contributed by atoms with Crippen LogP contribution in [0.5, 0.6) is 0 Å². The van der Waals surface area contributed by atoms with Crippen LogP contribution in [0, 0.1) is 20.8 Å². The summed E-state index contributed by atoms with van der Waals surface area (Å²) >= 11 is 1.67. The summed E-state index contributed by atoms with van der Waals surface area (Å²) in [7, 11) is 5.88. The smallest absolute Gasteiger partial charge is 0.147 e. The van der Waals surface area contributed by atoms with Crippen LogP contribution in [0.25, 0.3) is 0 Å². The third kappa shape index (κ3) is 13.1. The number of hydrogen-bond acceptors (Lipinski definition) is 9. The predicted molar refractivity (Wildman–Crippen MR) is 176 cm³/mol. The number of rotatable bonds is 0. The molecule has 1 atom stereocenters. The number of para-hydroxylation sites is 2. The first-order valence-electron chi connectivity index (χ1n) is 11.4. The maximum atomic E-state index is 4.06. The predicted octanol–water partition coefficient (Wildman–Crippen LogP) is 7.47. The van der Waals surface area contributed by atoms with E-state index >= 15 is 0 Å². The molecule has 1 unspecified atom stereocenters. The Labute approximate surface area is 249 Å². The first kappa shape index (κ1) is 43.7. The fraction of sp³-hybridized carbons (Fsp3) is 0.586. The van der Waals surface area contributed by atoms with E-state index in [0.717, 1.165) is 21.7 Å². The van der Waals surface area contributed by atoms with E-state index in [0.29, 0.717) is 6.17 Å². The van der Waals surface area contributed by atoms with Gasteiger partial charge in [-0.3, -0.25) is 0 Å². The Bertz CT molecular complexity index is 1100. The molecule has 5 rings (SSSR count). The molecule has 10 nitrogen and oxygen atoms in total. The van der Waals surface area contributed by atoms with E-state index in [-0.39, 0.29) is 42.5 Å². The SMILES string of the molecule is C.C.C.C.C.CC1Nc2ccccc2N1C.Cc1nccn1C.Cc1nnc(C(C)(C)C)s1.Cc1nnnn1C. The Balaban J connectivity index is -0.000000211. The van der Waals surface area contributed by atoms with Gasteiger partial charge in [0.15, 0.2) is 0 Å². The minimum absolute atomic E-state index is 0. The second-order valence-corrected chi connectivity index (χ2v) is 10.4. The van der Waals surface area contributed by atoms with Gasteiger partial charge in [0, 0.05) is 39.0 Å². The molecule has 0 aliphatic carbocycles. The Hall–Kier alpha value is -3.34. The van der Waals surface area contributed by atoms with Crippen LogP contribution in [0.3, 0.4) is 0 Å². The quantitative estimate of drug-likeness (QED) is 0.229. The summed E-state index contributed by atoms with van der Waals surface area (Å²) < 4.78 is 3.58. The molecule has 0 spiro atoms. The second kappa shape index (κ2) is 19.7. The van der Waals surface area contributed by atoms with Crippen molar-refractivity contribution in [2.45, 2.75) is 97.2 Å². The van der Waals surface area contributed by atoms with Crippen molar-refractivity contribution < 1.29 is 0 Å². The van der Waals surface area contributed by atoms with Crippen LogP contribution in [0.1, 0.15) is 86.5 Å². The molecule has 0 saturated carbocycles. The molecule has 4 aromatic rings. The van der Waals surface area contributed by atoms with Crippen LogP contribution >= 0.6 is 11.3 Å². The van der Waals surface area contributed by atoms with Crippen LogP contribution in [0.15, 0.2) is 36.7 Å². The van der Waals surface area contributed by atoms with E-state index in [1.807, 2.05) is 38.6 Å². The standard InChI is InChI=1S/C9H12N2.C7H12N2S.C5H8N2.C3H6N4.5CH4/c1-7-10-8-5-3-4-6-9(8)11(7)2;1-5-8-9-6(10-5)7(2,3)4;1-5-6-3-4-7(5)2;1-3-4-5-6-7(3)2;;;;;/h3-7,10H,1-2H3;1-4H3;3-4H,1-2H3;1-2H3;5*1H4. The first-order valence-corrected chi connectivity index (χ1v) is 12.2. The van der Waals surface area contributed by atoms with Crippen LogP contribution in [0.4, 0.5) is 11.4 Å². The third-order valence-corrected chi connectivity index (χ3v) is 6.56. The number of nitrogens with zero attached hydrogens (tertiary/aromatic N) is 9. The summed E-state index contributed by atoms with van der Waals surface area (Å²) in [5.74, 6) is 1.89. The molecule has 3 aromatic heterocycles. The Morgan fingerprint density at radius 2 is 1.45 bits per heavy atom. The number of benzene rings is 1. The number of nitrogens with one attached hydrogen (secondary N) is 1. The number of hydrogen-bond donors (Lipinski definition) is 1. The molecular formula is C29H58N10S. The van der Waals surface area contributed by atoms with E-state index in [9.17, 15) is 0 Å². The van der Waals surface area contributed by atoms with Crippen molar-refractivity contribution in [3.05, 3.63) is 58.3 Å². The van der Waals surface area contributed by atoms with Gasteiger partial charge >= 0.3 is 0 Å². The van der Waals surface area contributed by atoms with Gasteiger partial charge in [-0.25, -0.2) is 9.67 Å². The average Bonchev–Trinajstić information content (AvgIpc) is 3.56. The maximum absolute atomic E-state index is 4.06. The fourth-order valence-corrected chi connectivity index (χ4v) is 3.50. The highest BCUT2D eigenvalue weighted by Gasteiger charge is 2.20. The van der Waals surface area contributed by atoms with Gasteiger partial charge in [-0.15, -0.1) is 26.6 Å². The molecule has 0 saturated heterocycles. The second-order valence-electron chi connectivity index (χ2n) is 9.26. The monoisotopic (exact) mass is 578 g/mol. The molecule has 1 aliphatic rings. The number of tetrazole rings is 1. The molecule has 1 aromatic carbocycles. The molecule has 0 fully saturated rings. The fourth-order valence-electron chi connectivity index (χ4n) is 2.75. The van der Waals surface area contributed by atoms with Gasteiger partial charge in [0.2, 0.25) is 0 Å². The summed E-state index contributed by atoms with van der Waals surface area (Å²) in [6.07, 6.45) is 4.14. The van der Waals surface area contributed by atoms with E-state index < -0.39 is 0 Å². The van der Waals surface area contributed by atoms with Gasteiger partial charge in [-0.1, -0.05) is 70.0 Å². The molecular weight excluding hydrogens is 520 g/mol. The highest BCUT2D eigenvalue weighted by molar-refractivity contribution is 7.11. The minimum atomic E-state index is 0. The largest absolute Gasteiger partial charge is 0.364 e. The summed E-state index contributed by atoms with van der Waals surface area (Å²) in [4.78, 5) is 6.21. The number of imidazole rings is 1. The molecule has 230 valence electrons. The summed E-state index contributed by atoms with van der Waals surface area (Å²) in [6, 6.07) is 8.36. The molecule has 4 heterocycles. The zero-order valence-electron chi connectivity index (χ0n) is 22.5. The summed E-state index contributed by atoms with van der Waals surface area (Å²) in [6.45, 7) is 14.4. The number of aryl methyl sites for hydroxylation is 5. The lowest BCUT2D eigenvalue weighted by atomic mass is 9.98. The number of anilines is 2. The van der Waals surface area contributed by atoms with Crippen LogP contribution in [-0.2, 0) is 19.5 Å². The molecule has 0 amide bonds. The van der Waals surface area contributed by atoms with Crippen molar-refractivity contribution in [2.24, 2.45) is 14.1 Å². The zero-order chi connectivity index (χ0) is 26.2. The van der Waals surface area contributed by atoms with Crippen LogP contribution in [-0.4, -0.2) is 53.2 Å². The van der Waals surface area contributed by atoms with Crippen molar-refractivity contribution in [3.63, 3.8) is 0 Å². The van der Waals surface area contributed by atoms with Gasteiger partial charge in [-0.2, -0.15) is 0 Å². The lowest BCUT2D eigenvalue weighted by Gasteiger charge is -2.16. The molecule has 1 N–H and O–H groups in total. The van der Waals surface area contributed by atoms with Gasteiger partial charge in [0.25, 0.3) is 0 Å². The Kier molecular flexibility index (Phi) is 21.5. The van der Waals surface area contributed by atoms with E-state index in [2.05, 4.69) is 99.9 Å². The van der Waals surface area contributed by atoms with Crippen LogP contribution < -0.4 is 10.2 Å². The minimum Gasteiger partial charge on any atom is -0.364 e. The van der Waals surface area contributed by atoms with Crippen molar-refractivity contribution in [2.75, 3.05) is 17.3 Å². The maximum Gasteiger partial charge on any atom is 0.147 e. The van der Waals surface area contributed by atoms with Gasteiger partial charge in [0.1, 0.15) is 21.7 Å². The first-order chi connectivity index (χ1) is 16.4. The molecule has 11 heteroatoms. The number of aromatic nitrogens is 8. The van der Waals surface area contributed by atoms with Gasteiger partial charge in [-0.05, 0) is 50.3 Å². The van der Waals surface area contributed by atoms with Gasteiger partial charge < -0.3 is 14.8 Å². The van der Waals surface area contributed by atoms with Crippen molar-refractivity contribution in [3.8, 4) is 0 Å². The van der Waals surface area contributed by atoms with E-state index in [4.69, 9.17) is 0 Å². The van der Waals surface area contributed by atoms with Crippen molar-refractivity contribution in [1.82, 2.24) is 40.0 Å².